The van der Waals surface area contributed by atoms with Crippen LogP contribution in [0.15, 0.2) is 0 Å². The first-order valence-corrected chi connectivity index (χ1v) is 8.52. The van der Waals surface area contributed by atoms with E-state index in [1.807, 2.05) is 0 Å². The van der Waals surface area contributed by atoms with Gasteiger partial charge in [-0.15, -0.1) is 0 Å². The fraction of sp³-hybridized carbons (Fsp3) is 0.812. The molecule has 0 saturated carbocycles. The van der Waals surface area contributed by atoms with Gasteiger partial charge in [-0.2, -0.15) is 0 Å². The summed E-state index contributed by atoms with van der Waals surface area (Å²) < 4.78 is 0. The summed E-state index contributed by atoms with van der Waals surface area (Å²) in [5.74, 6) is -1.55. The molecule has 2 aliphatic heterocycles. The Kier molecular flexibility index (Phi) is 5.62. The average Bonchev–Trinajstić information content (AvgIpc) is 2.75. The first-order chi connectivity index (χ1) is 10.9. The fourth-order valence-electron chi connectivity index (χ4n) is 3.36. The minimum Gasteiger partial charge on any atom is -0.480 e. The Hall–Kier alpha value is -1.63. The van der Waals surface area contributed by atoms with Crippen LogP contribution in [0.4, 0.5) is 4.79 Å². The zero-order valence-electron chi connectivity index (χ0n) is 14.0. The molecule has 0 aromatic carbocycles. The maximum absolute atomic E-state index is 12.6. The molecule has 7 heteroatoms. The first-order valence-electron chi connectivity index (χ1n) is 8.52. The SMILES string of the molecule is CCCCCCN1CCC2(CC1)NC(=O)N(C(C)C(=O)O)C2=O. The van der Waals surface area contributed by atoms with E-state index in [1.165, 1.54) is 26.2 Å². The number of unbranched alkanes of at least 4 members (excludes halogenated alkanes) is 3. The molecule has 1 atom stereocenters. The molecule has 130 valence electrons. The Labute approximate surface area is 137 Å². The number of carbonyl (C=O) groups is 3. The molecule has 0 aromatic heterocycles. The number of amides is 3. The maximum Gasteiger partial charge on any atom is 0.326 e. The lowest BCUT2D eigenvalue weighted by Gasteiger charge is -2.37. The van der Waals surface area contributed by atoms with Gasteiger partial charge in [0.25, 0.3) is 5.91 Å². The van der Waals surface area contributed by atoms with Crippen LogP contribution in [0, 0.1) is 0 Å². The number of piperidine rings is 1. The predicted molar refractivity (Wildman–Crippen MR) is 85.0 cm³/mol. The van der Waals surface area contributed by atoms with E-state index in [2.05, 4.69) is 17.1 Å². The van der Waals surface area contributed by atoms with Gasteiger partial charge >= 0.3 is 12.0 Å². The monoisotopic (exact) mass is 325 g/mol. The van der Waals surface area contributed by atoms with Crippen molar-refractivity contribution in [3.63, 3.8) is 0 Å². The van der Waals surface area contributed by atoms with Crippen molar-refractivity contribution in [1.82, 2.24) is 15.1 Å². The van der Waals surface area contributed by atoms with E-state index in [0.717, 1.165) is 31.0 Å². The topological polar surface area (TPSA) is 90.0 Å². The van der Waals surface area contributed by atoms with Gasteiger partial charge in [-0.1, -0.05) is 26.2 Å². The minimum atomic E-state index is -1.17. The van der Waals surface area contributed by atoms with Crippen LogP contribution in [0.25, 0.3) is 0 Å². The Balaban J connectivity index is 1.91. The molecule has 1 spiro atoms. The summed E-state index contributed by atoms with van der Waals surface area (Å²) in [7, 11) is 0. The normalized spacial score (nSPS) is 22.4. The second-order valence-electron chi connectivity index (χ2n) is 6.60. The van der Waals surface area contributed by atoms with Gasteiger partial charge in [0.1, 0.15) is 11.6 Å². The smallest absolute Gasteiger partial charge is 0.326 e. The molecule has 0 aromatic rings. The Morgan fingerprint density at radius 1 is 1.26 bits per heavy atom. The molecule has 1 unspecified atom stereocenters. The third-order valence-corrected chi connectivity index (χ3v) is 4.98. The average molecular weight is 325 g/mol. The highest BCUT2D eigenvalue weighted by Gasteiger charge is 2.54. The van der Waals surface area contributed by atoms with Gasteiger partial charge in [0.2, 0.25) is 0 Å². The van der Waals surface area contributed by atoms with E-state index >= 15 is 0 Å². The zero-order valence-corrected chi connectivity index (χ0v) is 14.0. The van der Waals surface area contributed by atoms with Crippen molar-refractivity contribution >= 4 is 17.9 Å². The van der Waals surface area contributed by atoms with Crippen LogP contribution in [0.5, 0.6) is 0 Å². The van der Waals surface area contributed by atoms with Crippen molar-refractivity contribution in [2.45, 2.75) is 64.0 Å². The van der Waals surface area contributed by atoms with Gasteiger partial charge in [0, 0.05) is 13.1 Å². The van der Waals surface area contributed by atoms with Crippen LogP contribution in [-0.2, 0) is 9.59 Å². The molecule has 0 bridgehead atoms. The number of rotatable bonds is 7. The van der Waals surface area contributed by atoms with E-state index in [1.54, 1.807) is 0 Å². The number of hydrogen-bond donors (Lipinski definition) is 2. The van der Waals surface area contributed by atoms with E-state index < -0.39 is 23.6 Å². The highest BCUT2D eigenvalue weighted by Crippen LogP contribution is 2.30. The van der Waals surface area contributed by atoms with E-state index in [4.69, 9.17) is 5.11 Å². The summed E-state index contributed by atoms with van der Waals surface area (Å²) in [4.78, 5) is 38.9. The van der Waals surface area contributed by atoms with Crippen molar-refractivity contribution in [2.24, 2.45) is 0 Å². The van der Waals surface area contributed by atoms with Gasteiger partial charge in [-0.05, 0) is 32.7 Å². The minimum absolute atomic E-state index is 0.386. The summed E-state index contributed by atoms with van der Waals surface area (Å²) in [6.07, 6.45) is 5.93. The van der Waals surface area contributed by atoms with Crippen molar-refractivity contribution in [2.75, 3.05) is 19.6 Å². The van der Waals surface area contributed by atoms with Crippen LogP contribution < -0.4 is 5.32 Å². The van der Waals surface area contributed by atoms with E-state index in [0.29, 0.717) is 12.8 Å². The number of carbonyl (C=O) groups excluding carboxylic acids is 2. The third kappa shape index (κ3) is 3.65. The first kappa shape index (κ1) is 17.7. The molecule has 2 fully saturated rings. The molecule has 0 aliphatic carbocycles. The molecule has 2 N–H and O–H groups in total. The molecule has 2 heterocycles. The molecule has 7 nitrogen and oxygen atoms in total. The molecular weight excluding hydrogens is 298 g/mol. The highest BCUT2D eigenvalue weighted by atomic mass is 16.4. The second kappa shape index (κ2) is 7.29. The van der Waals surface area contributed by atoms with Crippen LogP contribution in [0.3, 0.4) is 0 Å². The lowest BCUT2D eigenvalue weighted by molar-refractivity contribution is -0.147. The molecule has 3 amide bonds. The number of urea groups is 1. The lowest BCUT2D eigenvalue weighted by atomic mass is 9.87. The van der Waals surface area contributed by atoms with Gasteiger partial charge in [0.05, 0.1) is 0 Å². The van der Waals surface area contributed by atoms with Gasteiger partial charge < -0.3 is 15.3 Å². The third-order valence-electron chi connectivity index (χ3n) is 4.98. The summed E-state index contributed by atoms with van der Waals surface area (Å²) in [5, 5.41) is 11.8. The van der Waals surface area contributed by atoms with Crippen LogP contribution in [-0.4, -0.2) is 64.0 Å². The number of imide groups is 1. The summed E-state index contributed by atoms with van der Waals surface area (Å²) >= 11 is 0. The number of carboxylic acids is 1. The van der Waals surface area contributed by atoms with E-state index in [9.17, 15) is 14.4 Å². The van der Waals surface area contributed by atoms with E-state index in [-0.39, 0.29) is 5.91 Å². The largest absolute Gasteiger partial charge is 0.480 e. The number of aliphatic carboxylic acids is 1. The quantitative estimate of drug-likeness (QED) is 0.546. The molecular formula is C16H27N3O4. The van der Waals surface area contributed by atoms with Gasteiger partial charge in [-0.3, -0.25) is 4.79 Å². The van der Waals surface area contributed by atoms with Crippen LogP contribution in [0.2, 0.25) is 0 Å². The summed E-state index contributed by atoms with van der Waals surface area (Å²) in [5.41, 5.74) is -0.902. The number of nitrogens with zero attached hydrogens (tertiary/aromatic N) is 2. The Morgan fingerprint density at radius 2 is 1.91 bits per heavy atom. The molecule has 2 rings (SSSR count). The van der Waals surface area contributed by atoms with Crippen molar-refractivity contribution in [1.29, 1.82) is 0 Å². The molecule has 2 saturated heterocycles. The molecule has 0 radical (unpaired) electrons. The highest BCUT2D eigenvalue weighted by molar-refractivity contribution is 6.09. The zero-order chi connectivity index (χ0) is 17.0. The maximum atomic E-state index is 12.6. The summed E-state index contributed by atoms with van der Waals surface area (Å²) in [6.45, 7) is 6.08. The number of carboxylic acid groups (broad SMARTS) is 1. The summed E-state index contributed by atoms with van der Waals surface area (Å²) in [6, 6.07) is -1.71. The lowest BCUT2D eigenvalue weighted by Crippen LogP contribution is -2.55. The van der Waals surface area contributed by atoms with Crippen LogP contribution >= 0.6 is 0 Å². The Bertz CT molecular complexity index is 472. The number of hydrogen-bond acceptors (Lipinski definition) is 4. The van der Waals surface area contributed by atoms with Crippen LogP contribution in [0.1, 0.15) is 52.4 Å². The number of likely N-dealkylation sites (tertiary alicyclic amines) is 1. The molecule has 23 heavy (non-hydrogen) atoms. The second-order valence-corrected chi connectivity index (χ2v) is 6.60. The van der Waals surface area contributed by atoms with Crippen molar-refractivity contribution in [3.8, 4) is 0 Å². The predicted octanol–water partition coefficient (Wildman–Crippen LogP) is 1.43. The Morgan fingerprint density at radius 3 is 2.48 bits per heavy atom. The number of nitrogens with one attached hydrogen (secondary N) is 1. The fourth-order valence-corrected chi connectivity index (χ4v) is 3.36. The van der Waals surface area contributed by atoms with Gasteiger partial charge in [0.15, 0.2) is 0 Å². The standard InChI is InChI=1S/C16H27N3O4/c1-3-4-5-6-9-18-10-7-16(8-11-18)14(22)19(15(23)17-16)12(2)13(20)21/h12H,3-11H2,1-2H3,(H,17,23)(H,20,21). The van der Waals surface area contributed by atoms with Gasteiger partial charge in [-0.25, -0.2) is 14.5 Å². The van der Waals surface area contributed by atoms with Crippen molar-refractivity contribution < 1.29 is 19.5 Å². The molecule has 2 aliphatic rings. The van der Waals surface area contributed by atoms with Crippen molar-refractivity contribution in [3.05, 3.63) is 0 Å².